The average molecular weight is 122 g/mol. The first-order valence-corrected chi connectivity index (χ1v) is 2.91. The van der Waals surface area contributed by atoms with Crippen molar-refractivity contribution in [2.75, 3.05) is 0 Å². The van der Waals surface area contributed by atoms with Gasteiger partial charge in [0.15, 0.2) is 0 Å². The Kier molecular flexibility index (Phi) is 1.79. The van der Waals surface area contributed by atoms with Gasteiger partial charge in [0.05, 0.1) is 0 Å². The third-order valence-corrected chi connectivity index (χ3v) is 1.16. The molecule has 0 nitrogen and oxygen atoms in total. The van der Waals surface area contributed by atoms with Gasteiger partial charge in [-0.3, -0.25) is 0 Å². The van der Waals surface area contributed by atoms with Crippen LogP contribution in [0.4, 0.5) is 0 Å². The van der Waals surface area contributed by atoms with Crippen molar-refractivity contribution in [2.24, 2.45) is 0 Å². The maximum absolute atomic E-state index is 4.51. The van der Waals surface area contributed by atoms with E-state index in [-0.39, 0.29) is 0 Å². The molecule has 0 bridgehead atoms. The molecule has 0 fully saturated rings. The van der Waals surface area contributed by atoms with Gasteiger partial charge in [0.1, 0.15) is 0 Å². The van der Waals surface area contributed by atoms with Crippen molar-refractivity contribution in [3.05, 3.63) is 29.9 Å². The monoisotopic (exact) mass is 122 g/mol. The van der Waals surface area contributed by atoms with E-state index in [0.717, 1.165) is 6.42 Å². The summed E-state index contributed by atoms with van der Waals surface area (Å²) in [7, 11) is 0. The van der Waals surface area contributed by atoms with Crippen LogP contribution in [0.5, 0.6) is 0 Å². The predicted octanol–water partition coefficient (Wildman–Crippen LogP) is 2.03. The molecule has 0 N–H and O–H groups in total. The Bertz CT molecular complexity index is 181. The first-order valence-electron chi connectivity index (χ1n) is 2.50. The summed E-state index contributed by atoms with van der Waals surface area (Å²) in [5.41, 5.74) is 1.25. The second-order valence-electron chi connectivity index (χ2n) is 1.64. The van der Waals surface area contributed by atoms with Crippen molar-refractivity contribution in [3.63, 3.8) is 0 Å². The molecule has 0 aromatic rings. The molecular formula is C7H6S. The van der Waals surface area contributed by atoms with Crippen molar-refractivity contribution >= 4 is 17.2 Å². The van der Waals surface area contributed by atoms with Crippen LogP contribution < -0.4 is 0 Å². The van der Waals surface area contributed by atoms with Crippen LogP contribution in [0.1, 0.15) is 6.42 Å². The van der Waals surface area contributed by atoms with Gasteiger partial charge in [-0.2, -0.15) is 0 Å². The van der Waals surface area contributed by atoms with Gasteiger partial charge in [0.2, 0.25) is 0 Å². The Morgan fingerprint density at radius 2 is 2.62 bits per heavy atom. The molecule has 0 unspecified atom stereocenters. The highest BCUT2D eigenvalue weighted by Crippen LogP contribution is 2.09. The van der Waals surface area contributed by atoms with Crippen LogP contribution in [-0.2, 0) is 0 Å². The quantitative estimate of drug-likeness (QED) is 0.479. The van der Waals surface area contributed by atoms with E-state index < -0.39 is 0 Å². The van der Waals surface area contributed by atoms with Crippen LogP contribution in [0.2, 0.25) is 0 Å². The van der Waals surface area contributed by atoms with Crippen molar-refractivity contribution in [3.8, 4) is 0 Å². The molecule has 0 saturated carbocycles. The summed E-state index contributed by atoms with van der Waals surface area (Å²) in [4.78, 5) is 0. The zero-order chi connectivity index (χ0) is 5.82. The molecule has 1 aliphatic carbocycles. The van der Waals surface area contributed by atoms with E-state index in [9.17, 15) is 0 Å². The molecule has 0 heterocycles. The van der Waals surface area contributed by atoms with Crippen molar-refractivity contribution in [1.82, 2.24) is 0 Å². The molecular weight excluding hydrogens is 116 g/mol. The molecule has 40 valence electrons. The predicted molar refractivity (Wildman–Crippen MR) is 39.0 cm³/mol. The molecule has 0 radical (unpaired) electrons. The number of thiocarbonyl (C=S) groups is 1. The minimum Gasteiger partial charge on any atom is -0.0801 e. The number of hydrogen-bond acceptors (Lipinski definition) is 1. The van der Waals surface area contributed by atoms with Crippen LogP contribution in [0.15, 0.2) is 29.9 Å². The van der Waals surface area contributed by atoms with E-state index in [2.05, 4.69) is 23.3 Å². The van der Waals surface area contributed by atoms with E-state index >= 15 is 0 Å². The topological polar surface area (TPSA) is 0 Å². The van der Waals surface area contributed by atoms with Crippen LogP contribution in [0.3, 0.4) is 0 Å². The second-order valence-corrected chi connectivity index (χ2v) is 1.87. The van der Waals surface area contributed by atoms with Crippen LogP contribution in [0, 0.1) is 0 Å². The zero-order valence-electron chi connectivity index (χ0n) is 4.42. The van der Waals surface area contributed by atoms with Gasteiger partial charge in [-0.1, -0.05) is 18.2 Å². The van der Waals surface area contributed by atoms with Crippen molar-refractivity contribution in [2.45, 2.75) is 6.42 Å². The Morgan fingerprint density at radius 3 is 3.12 bits per heavy atom. The summed E-state index contributed by atoms with van der Waals surface area (Å²) in [5.74, 6) is 0. The smallest absolute Gasteiger partial charge is 0.00485 e. The van der Waals surface area contributed by atoms with E-state index in [1.807, 2.05) is 18.2 Å². The lowest BCUT2D eigenvalue weighted by Crippen LogP contribution is -1.65. The van der Waals surface area contributed by atoms with Gasteiger partial charge in [0, 0.05) is 0 Å². The molecule has 0 saturated heterocycles. The molecule has 8 heavy (non-hydrogen) atoms. The van der Waals surface area contributed by atoms with Gasteiger partial charge in [-0.05, 0) is 35.3 Å². The first-order chi connectivity index (χ1) is 3.93. The lowest BCUT2D eigenvalue weighted by molar-refractivity contribution is 1.34. The maximum atomic E-state index is 4.51. The summed E-state index contributed by atoms with van der Waals surface area (Å²) in [6.45, 7) is 0. The lowest BCUT2D eigenvalue weighted by Gasteiger charge is -1.82. The highest BCUT2D eigenvalue weighted by molar-refractivity contribution is 7.78. The van der Waals surface area contributed by atoms with Gasteiger partial charge in [-0.15, -0.1) is 0 Å². The van der Waals surface area contributed by atoms with Crippen molar-refractivity contribution < 1.29 is 0 Å². The molecule has 0 spiro atoms. The lowest BCUT2D eigenvalue weighted by atomic mass is 10.2. The van der Waals surface area contributed by atoms with Gasteiger partial charge in [-0.25, -0.2) is 0 Å². The fourth-order valence-corrected chi connectivity index (χ4v) is 0.798. The average Bonchev–Trinajstić information content (AvgIpc) is 2.19. The maximum Gasteiger partial charge on any atom is -0.00485 e. The van der Waals surface area contributed by atoms with E-state index in [1.54, 1.807) is 0 Å². The summed E-state index contributed by atoms with van der Waals surface area (Å²) >= 11 is 4.51. The summed E-state index contributed by atoms with van der Waals surface area (Å²) < 4.78 is 0. The molecule has 1 heteroatoms. The van der Waals surface area contributed by atoms with Crippen molar-refractivity contribution in [1.29, 1.82) is 0 Å². The Morgan fingerprint density at radius 1 is 1.75 bits per heavy atom. The summed E-state index contributed by atoms with van der Waals surface area (Å²) in [6.07, 6.45) is 9.01. The summed E-state index contributed by atoms with van der Waals surface area (Å²) in [6, 6.07) is 0. The molecule has 1 aliphatic rings. The highest BCUT2D eigenvalue weighted by atomic mass is 32.1. The molecule has 0 amide bonds. The Labute approximate surface area is 54.2 Å². The number of allylic oxidation sites excluding steroid dienone is 5. The van der Waals surface area contributed by atoms with Gasteiger partial charge < -0.3 is 0 Å². The van der Waals surface area contributed by atoms with Crippen LogP contribution in [0.25, 0.3) is 0 Å². The van der Waals surface area contributed by atoms with Gasteiger partial charge in [0.25, 0.3) is 0 Å². The minimum atomic E-state index is 1.02. The molecule has 0 atom stereocenters. The van der Waals surface area contributed by atoms with Crippen LogP contribution >= 0.6 is 12.2 Å². The van der Waals surface area contributed by atoms with E-state index in [0.29, 0.717) is 0 Å². The fraction of sp³-hybridized carbons (Fsp3) is 0.143. The summed E-state index contributed by atoms with van der Waals surface area (Å²) in [5, 5.41) is 2.56. The normalized spacial score (nSPS) is 15.2. The largest absolute Gasteiger partial charge is 0.0801 e. The minimum absolute atomic E-state index is 1.02. The first kappa shape index (κ1) is 5.49. The number of rotatable bonds is 1. The molecule has 0 aromatic heterocycles. The van der Waals surface area contributed by atoms with Crippen LogP contribution in [-0.4, -0.2) is 5.02 Å². The Balaban J connectivity index is 2.64. The van der Waals surface area contributed by atoms with Gasteiger partial charge >= 0.3 is 0 Å². The fourth-order valence-electron chi connectivity index (χ4n) is 0.647. The molecule has 0 aliphatic heterocycles. The Hall–Kier alpha value is -0.650. The standard InChI is InChI=1S/C7H6S/c8-6-5-7-3-1-2-4-7/h1-3,5H,4H2. The molecule has 1 rings (SSSR count). The van der Waals surface area contributed by atoms with E-state index in [4.69, 9.17) is 0 Å². The highest BCUT2D eigenvalue weighted by Gasteiger charge is 1.90. The third kappa shape index (κ3) is 1.16. The van der Waals surface area contributed by atoms with E-state index in [1.165, 1.54) is 5.57 Å². The number of hydrogen-bond donors (Lipinski definition) is 0. The SMILES string of the molecule is S=C=CC1=CC=CC1. The third-order valence-electron chi connectivity index (χ3n) is 1.04. The second kappa shape index (κ2) is 2.61. The molecule has 0 aromatic carbocycles. The zero-order valence-corrected chi connectivity index (χ0v) is 5.24.